The third kappa shape index (κ3) is 4.76. The summed E-state index contributed by atoms with van der Waals surface area (Å²) in [6.45, 7) is 5.92. The lowest BCUT2D eigenvalue weighted by Crippen LogP contribution is -2.41. The summed E-state index contributed by atoms with van der Waals surface area (Å²) in [5.41, 5.74) is 11.9. The molecule has 0 spiro atoms. The first-order chi connectivity index (χ1) is 23.1. The molecule has 0 amide bonds. The van der Waals surface area contributed by atoms with E-state index in [-0.39, 0.29) is 5.41 Å². The van der Waals surface area contributed by atoms with Gasteiger partial charge in [0.05, 0.1) is 12.1 Å². The van der Waals surface area contributed by atoms with Crippen LogP contribution in [0.1, 0.15) is 64.4 Å². The van der Waals surface area contributed by atoms with Gasteiger partial charge in [-0.05, 0) is 108 Å². The summed E-state index contributed by atoms with van der Waals surface area (Å²) in [7, 11) is 0. The molecular formula is C44H47N3. The number of nitrogens with one attached hydrogen (secondary N) is 1. The molecule has 2 aliphatic heterocycles. The van der Waals surface area contributed by atoms with Crippen LogP contribution in [0.5, 0.6) is 0 Å². The van der Waals surface area contributed by atoms with Crippen molar-refractivity contribution in [3.05, 3.63) is 149 Å². The molecule has 5 unspecified atom stereocenters. The van der Waals surface area contributed by atoms with Crippen molar-refractivity contribution < 1.29 is 0 Å². The lowest BCUT2D eigenvalue weighted by molar-refractivity contribution is 0.187. The number of para-hydroxylation sites is 1. The van der Waals surface area contributed by atoms with Crippen LogP contribution in [0.2, 0.25) is 0 Å². The lowest BCUT2D eigenvalue weighted by Gasteiger charge is -2.38. The van der Waals surface area contributed by atoms with Gasteiger partial charge in [-0.1, -0.05) is 112 Å². The largest absolute Gasteiger partial charge is 0.368 e. The third-order valence-corrected chi connectivity index (χ3v) is 12.3. The first kappa shape index (κ1) is 28.9. The molecule has 0 radical (unpaired) electrons. The third-order valence-electron chi connectivity index (χ3n) is 12.3. The Labute approximate surface area is 281 Å². The van der Waals surface area contributed by atoms with Crippen molar-refractivity contribution in [2.24, 2.45) is 23.2 Å². The summed E-state index contributed by atoms with van der Waals surface area (Å²) in [6.07, 6.45) is 32.4. The SMILES string of the molecule is CC1(C)C2=CC(N(C3=CC=CCN3)c3ccc(C4=CC5=C(CC4)N(c4ccccc4)C4C=CC=CC54)cc3)CC=C2C2CCCCC21. The second kappa shape index (κ2) is 11.5. The summed E-state index contributed by atoms with van der Waals surface area (Å²) in [5.74, 6) is 3.17. The van der Waals surface area contributed by atoms with Crippen LogP contribution in [0.4, 0.5) is 11.4 Å². The average molecular weight is 618 g/mol. The zero-order chi connectivity index (χ0) is 31.5. The van der Waals surface area contributed by atoms with Crippen LogP contribution >= 0.6 is 0 Å². The second-order valence-electron chi connectivity index (χ2n) is 15.1. The number of rotatable bonds is 5. The predicted molar refractivity (Wildman–Crippen MR) is 197 cm³/mol. The highest BCUT2D eigenvalue weighted by atomic mass is 15.3. The minimum absolute atomic E-state index is 0.249. The summed E-state index contributed by atoms with van der Waals surface area (Å²) in [6, 6.07) is 21.1. The monoisotopic (exact) mass is 617 g/mol. The van der Waals surface area contributed by atoms with Crippen LogP contribution < -0.4 is 15.1 Å². The molecule has 2 aromatic carbocycles. The standard InChI is InChI=1S/C44H47N3/c1-44(2)39-16-8-6-14-35(39)36-25-24-34(29-40(36)44)46(43-18-10-11-27-45-43)33-22-19-30(20-23-33)31-21-26-42-38(28-31)37-15-7-9-17-41(37)47(42)32-12-4-3-5-13-32/h3-5,7,9-13,15,17-20,22-23,25,28-29,34-35,37,39,41,45H,6,8,14,16,21,24,26-27H2,1-2H3. The molecular weight excluding hydrogens is 571 g/mol. The fourth-order valence-corrected chi connectivity index (χ4v) is 10.1. The molecule has 7 aliphatic rings. The molecule has 2 fully saturated rings. The summed E-state index contributed by atoms with van der Waals surface area (Å²) in [5, 5.41) is 3.71. The first-order valence-corrected chi connectivity index (χ1v) is 18.1. The number of benzene rings is 2. The van der Waals surface area contributed by atoms with Crippen LogP contribution in [0, 0.1) is 23.2 Å². The Morgan fingerprint density at radius 2 is 1.72 bits per heavy atom. The molecule has 1 N–H and O–H groups in total. The van der Waals surface area contributed by atoms with E-state index in [0.29, 0.717) is 18.0 Å². The van der Waals surface area contributed by atoms with Gasteiger partial charge in [0.25, 0.3) is 0 Å². The zero-order valence-corrected chi connectivity index (χ0v) is 27.9. The summed E-state index contributed by atoms with van der Waals surface area (Å²) >= 11 is 0. The zero-order valence-electron chi connectivity index (χ0n) is 27.9. The molecule has 238 valence electrons. The molecule has 5 atom stereocenters. The quantitative estimate of drug-likeness (QED) is 0.360. The minimum Gasteiger partial charge on any atom is -0.368 e. The predicted octanol–water partition coefficient (Wildman–Crippen LogP) is 10.0. The number of anilines is 2. The van der Waals surface area contributed by atoms with Gasteiger partial charge >= 0.3 is 0 Å². The second-order valence-corrected chi connectivity index (χ2v) is 15.1. The van der Waals surface area contributed by atoms with Crippen LogP contribution in [0.25, 0.3) is 5.57 Å². The van der Waals surface area contributed by atoms with Crippen molar-refractivity contribution in [1.82, 2.24) is 5.32 Å². The number of hydrogen-bond acceptors (Lipinski definition) is 3. The van der Waals surface area contributed by atoms with Gasteiger partial charge in [0, 0.05) is 29.5 Å². The normalized spacial score (nSPS) is 29.9. The van der Waals surface area contributed by atoms with E-state index < -0.39 is 0 Å². The van der Waals surface area contributed by atoms with Crippen LogP contribution in [-0.4, -0.2) is 18.6 Å². The van der Waals surface area contributed by atoms with Gasteiger partial charge in [-0.3, -0.25) is 0 Å². The van der Waals surface area contributed by atoms with Gasteiger partial charge in [-0.25, -0.2) is 0 Å². The van der Waals surface area contributed by atoms with Crippen molar-refractivity contribution in [3.8, 4) is 0 Å². The smallest absolute Gasteiger partial charge is 0.107 e. The van der Waals surface area contributed by atoms with E-state index in [4.69, 9.17) is 0 Å². The Morgan fingerprint density at radius 1 is 0.894 bits per heavy atom. The Balaban J connectivity index is 1.04. The van der Waals surface area contributed by atoms with E-state index in [1.165, 1.54) is 65.3 Å². The van der Waals surface area contributed by atoms with E-state index in [9.17, 15) is 0 Å². The van der Waals surface area contributed by atoms with E-state index in [1.807, 2.05) is 0 Å². The Kier molecular flexibility index (Phi) is 7.07. The molecule has 9 rings (SSSR count). The maximum atomic E-state index is 3.71. The maximum absolute atomic E-state index is 3.71. The number of allylic oxidation sites excluding steroid dienone is 9. The topological polar surface area (TPSA) is 18.5 Å². The molecule has 0 saturated heterocycles. The van der Waals surface area contributed by atoms with Crippen molar-refractivity contribution in [3.63, 3.8) is 0 Å². The number of dihydropyridines is 1. The summed E-state index contributed by atoms with van der Waals surface area (Å²) < 4.78 is 0. The molecule has 0 aromatic heterocycles. The minimum atomic E-state index is 0.249. The highest BCUT2D eigenvalue weighted by molar-refractivity contribution is 5.76. The van der Waals surface area contributed by atoms with Crippen LogP contribution in [-0.2, 0) is 0 Å². The van der Waals surface area contributed by atoms with Crippen LogP contribution in [0.15, 0.2) is 144 Å². The van der Waals surface area contributed by atoms with Gasteiger partial charge in [-0.2, -0.15) is 0 Å². The van der Waals surface area contributed by atoms with E-state index >= 15 is 0 Å². The van der Waals surface area contributed by atoms with Crippen molar-refractivity contribution >= 4 is 16.9 Å². The van der Waals surface area contributed by atoms with Crippen molar-refractivity contribution in [2.45, 2.75) is 70.9 Å². The average Bonchev–Trinajstić information content (AvgIpc) is 3.58. The number of hydrogen-bond donors (Lipinski definition) is 1. The lowest BCUT2D eigenvalue weighted by atomic mass is 9.70. The van der Waals surface area contributed by atoms with Crippen molar-refractivity contribution in [2.75, 3.05) is 16.3 Å². The Hall–Kier alpha value is -4.24. The maximum Gasteiger partial charge on any atom is 0.107 e. The molecule has 3 nitrogen and oxygen atoms in total. The number of nitrogens with zero attached hydrogens (tertiary/aromatic N) is 2. The molecule has 5 aliphatic carbocycles. The molecule has 2 heterocycles. The van der Waals surface area contributed by atoms with E-state index in [2.05, 4.69) is 144 Å². The molecule has 2 saturated carbocycles. The van der Waals surface area contributed by atoms with Gasteiger partial charge in [0.15, 0.2) is 0 Å². The van der Waals surface area contributed by atoms with E-state index in [1.54, 1.807) is 11.1 Å². The van der Waals surface area contributed by atoms with Crippen LogP contribution in [0.3, 0.4) is 0 Å². The first-order valence-electron chi connectivity index (χ1n) is 18.1. The molecule has 47 heavy (non-hydrogen) atoms. The Bertz CT molecular complexity index is 1810. The van der Waals surface area contributed by atoms with Gasteiger partial charge < -0.3 is 15.1 Å². The fraction of sp³-hybridized carbons (Fsp3) is 0.364. The highest BCUT2D eigenvalue weighted by Crippen LogP contribution is 2.60. The molecule has 3 heteroatoms. The van der Waals surface area contributed by atoms with E-state index in [0.717, 1.165) is 37.6 Å². The summed E-state index contributed by atoms with van der Waals surface area (Å²) in [4.78, 5) is 5.16. The molecule has 2 aromatic rings. The highest BCUT2D eigenvalue weighted by Gasteiger charge is 2.50. The number of fused-ring (bicyclic) bond motifs is 5. The molecule has 0 bridgehead atoms. The Morgan fingerprint density at radius 3 is 2.55 bits per heavy atom. The van der Waals surface area contributed by atoms with Crippen molar-refractivity contribution in [1.29, 1.82) is 0 Å². The van der Waals surface area contributed by atoms with Gasteiger partial charge in [0.1, 0.15) is 5.82 Å². The van der Waals surface area contributed by atoms with Gasteiger partial charge in [-0.15, -0.1) is 0 Å². The fourth-order valence-electron chi connectivity index (χ4n) is 10.1. The van der Waals surface area contributed by atoms with Gasteiger partial charge in [0.2, 0.25) is 0 Å².